The van der Waals surface area contributed by atoms with Crippen molar-refractivity contribution in [2.45, 2.75) is 91.8 Å². The van der Waals surface area contributed by atoms with Crippen LogP contribution in [-0.2, 0) is 11.2 Å². The Morgan fingerprint density at radius 3 is 2.37 bits per heavy atom. The SMILES string of the molecule is CCC(C)NC(=O)C(CC(C)C)NC(=O)c1ccc2c(c1)nc(Cc1cccs1)n2C(CC)CC. The van der Waals surface area contributed by atoms with Crippen LogP contribution >= 0.6 is 11.3 Å². The monoisotopic (exact) mass is 496 g/mol. The minimum Gasteiger partial charge on any atom is -0.352 e. The quantitative estimate of drug-likeness (QED) is 0.318. The van der Waals surface area contributed by atoms with Crippen LogP contribution in [0.2, 0.25) is 0 Å². The Bertz CT molecular complexity index is 1120. The second-order valence-electron chi connectivity index (χ2n) is 9.80. The minimum atomic E-state index is -0.566. The highest BCUT2D eigenvalue weighted by Crippen LogP contribution is 2.28. The molecule has 7 heteroatoms. The van der Waals surface area contributed by atoms with E-state index in [4.69, 9.17) is 4.98 Å². The second kappa shape index (κ2) is 12.3. The van der Waals surface area contributed by atoms with E-state index in [1.54, 1.807) is 11.3 Å². The Morgan fingerprint density at radius 1 is 1.03 bits per heavy atom. The Kier molecular flexibility index (Phi) is 9.49. The number of rotatable bonds is 12. The predicted molar refractivity (Wildman–Crippen MR) is 145 cm³/mol. The van der Waals surface area contributed by atoms with Gasteiger partial charge in [0.15, 0.2) is 0 Å². The first kappa shape index (κ1) is 26.9. The molecular weight excluding hydrogens is 456 g/mol. The van der Waals surface area contributed by atoms with E-state index in [0.29, 0.717) is 18.0 Å². The van der Waals surface area contributed by atoms with Crippen LogP contribution in [0.15, 0.2) is 35.7 Å². The van der Waals surface area contributed by atoms with Crippen LogP contribution in [0, 0.1) is 5.92 Å². The van der Waals surface area contributed by atoms with Crippen molar-refractivity contribution in [1.29, 1.82) is 0 Å². The molecule has 190 valence electrons. The first-order valence-corrected chi connectivity index (χ1v) is 13.8. The van der Waals surface area contributed by atoms with Crippen LogP contribution in [0.25, 0.3) is 11.0 Å². The van der Waals surface area contributed by atoms with Gasteiger partial charge in [-0.05, 0) is 68.2 Å². The molecule has 2 atom stereocenters. The van der Waals surface area contributed by atoms with Crippen LogP contribution in [0.5, 0.6) is 0 Å². The van der Waals surface area contributed by atoms with Gasteiger partial charge >= 0.3 is 0 Å². The molecule has 2 N–H and O–H groups in total. The smallest absolute Gasteiger partial charge is 0.252 e. The van der Waals surface area contributed by atoms with Crippen molar-refractivity contribution in [2.75, 3.05) is 0 Å². The number of amides is 2. The zero-order valence-electron chi connectivity index (χ0n) is 21.9. The summed E-state index contributed by atoms with van der Waals surface area (Å²) in [5, 5.41) is 8.08. The lowest BCUT2D eigenvalue weighted by molar-refractivity contribution is -0.124. The molecule has 2 amide bonds. The molecule has 0 bridgehead atoms. The summed E-state index contributed by atoms with van der Waals surface area (Å²) in [6.45, 7) is 12.5. The molecule has 1 aromatic carbocycles. The Hall–Kier alpha value is -2.67. The molecular formula is C28H40N4O2S. The van der Waals surface area contributed by atoms with Crippen LogP contribution < -0.4 is 10.6 Å². The summed E-state index contributed by atoms with van der Waals surface area (Å²) < 4.78 is 2.35. The van der Waals surface area contributed by atoms with Crippen LogP contribution in [-0.4, -0.2) is 33.4 Å². The predicted octanol–water partition coefficient (Wildman–Crippen LogP) is 6.11. The van der Waals surface area contributed by atoms with E-state index >= 15 is 0 Å². The van der Waals surface area contributed by atoms with Gasteiger partial charge in [-0.1, -0.05) is 40.7 Å². The van der Waals surface area contributed by atoms with Gasteiger partial charge in [-0.2, -0.15) is 0 Å². The Labute approximate surface area is 213 Å². The number of aromatic nitrogens is 2. The van der Waals surface area contributed by atoms with Crippen molar-refractivity contribution < 1.29 is 9.59 Å². The molecule has 0 saturated carbocycles. The molecule has 0 saturated heterocycles. The lowest BCUT2D eigenvalue weighted by Gasteiger charge is -2.22. The van der Waals surface area contributed by atoms with E-state index in [1.165, 1.54) is 4.88 Å². The molecule has 0 aliphatic carbocycles. The van der Waals surface area contributed by atoms with Gasteiger partial charge in [-0.15, -0.1) is 11.3 Å². The maximum absolute atomic E-state index is 13.2. The highest BCUT2D eigenvalue weighted by Gasteiger charge is 2.24. The van der Waals surface area contributed by atoms with Gasteiger partial charge in [0.1, 0.15) is 11.9 Å². The molecule has 0 aliphatic heterocycles. The number of hydrogen-bond donors (Lipinski definition) is 2. The number of thiophene rings is 1. The number of carbonyl (C=O) groups excluding carboxylic acids is 2. The number of carbonyl (C=O) groups is 2. The van der Waals surface area contributed by atoms with Crippen molar-refractivity contribution in [3.05, 3.63) is 52.0 Å². The van der Waals surface area contributed by atoms with Gasteiger partial charge in [0.25, 0.3) is 5.91 Å². The van der Waals surface area contributed by atoms with Crippen molar-refractivity contribution >= 4 is 34.2 Å². The molecule has 6 nitrogen and oxygen atoms in total. The molecule has 0 aliphatic rings. The maximum atomic E-state index is 13.2. The topological polar surface area (TPSA) is 76.0 Å². The number of benzene rings is 1. The fourth-order valence-corrected chi connectivity index (χ4v) is 5.14. The lowest BCUT2D eigenvalue weighted by Crippen LogP contribution is -2.49. The lowest BCUT2D eigenvalue weighted by atomic mass is 10.0. The van der Waals surface area contributed by atoms with E-state index in [1.807, 2.05) is 32.0 Å². The third-order valence-electron chi connectivity index (χ3n) is 6.57. The van der Waals surface area contributed by atoms with Crippen molar-refractivity contribution in [3.63, 3.8) is 0 Å². The number of fused-ring (bicyclic) bond motifs is 1. The third kappa shape index (κ3) is 6.72. The molecule has 0 radical (unpaired) electrons. The highest BCUT2D eigenvalue weighted by atomic mass is 32.1. The Balaban J connectivity index is 1.90. The van der Waals surface area contributed by atoms with E-state index in [2.05, 4.69) is 60.4 Å². The van der Waals surface area contributed by atoms with Gasteiger partial charge in [0, 0.05) is 28.9 Å². The van der Waals surface area contributed by atoms with Gasteiger partial charge in [0.05, 0.1) is 11.0 Å². The van der Waals surface area contributed by atoms with Gasteiger partial charge in [0.2, 0.25) is 5.91 Å². The largest absolute Gasteiger partial charge is 0.352 e. The molecule has 2 heterocycles. The second-order valence-corrected chi connectivity index (χ2v) is 10.8. The fourth-order valence-electron chi connectivity index (χ4n) is 4.43. The number of nitrogens with one attached hydrogen (secondary N) is 2. The van der Waals surface area contributed by atoms with Crippen molar-refractivity contribution in [1.82, 2.24) is 20.2 Å². The van der Waals surface area contributed by atoms with E-state index in [9.17, 15) is 9.59 Å². The van der Waals surface area contributed by atoms with Gasteiger partial charge in [-0.3, -0.25) is 9.59 Å². The zero-order valence-corrected chi connectivity index (χ0v) is 22.7. The standard InChI is InChI=1S/C28H40N4O2S/c1-7-19(6)29-28(34)24(15-18(4)5)31-27(33)20-12-13-25-23(16-20)30-26(17-22-11-10-14-35-22)32(25)21(8-2)9-3/h10-14,16,18-19,21,24H,7-9,15,17H2,1-6H3,(H,29,34)(H,31,33). The molecule has 2 unspecified atom stereocenters. The summed E-state index contributed by atoms with van der Waals surface area (Å²) in [5.74, 6) is 0.938. The molecule has 2 aromatic heterocycles. The van der Waals surface area contributed by atoms with E-state index < -0.39 is 6.04 Å². The number of imidazole rings is 1. The maximum Gasteiger partial charge on any atom is 0.252 e. The summed E-state index contributed by atoms with van der Waals surface area (Å²) >= 11 is 1.74. The van der Waals surface area contributed by atoms with E-state index in [-0.39, 0.29) is 23.8 Å². The first-order valence-electron chi connectivity index (χ1n) is 12.9. The van der Waals surface area contributed by atoms with E-state index in [0.717, 1.165) is 42.5 Å². The third-order valence-corrected chi connectivity index (χ3v) is 7.45. The zero-order chi connectivity index (χ0) is 25.5. The summed E-state index contributed by atoms with van der Waals surface area (Å²) in [4.78, 5) is 32.3. The Morgan fingerprint density at radius 2 is 1.77 bits per heavy atom. The van der Waals surface area contributed by atoms with Crippen LogP contribution in [0.1, 0.15) is 94.3 Å². The fraction of sp³-hybridized carbons (Fsp3) is 0.536. The van der Waals surface area contributed by atoms with Gasteiger partial charge in [-0.25, -0.2) is 4.98 Å². The van der Waals surface area contributed by atoms with Crippen molar-refractivity contribution in [2.24, 2.45) is 5.92 Å². The number of hydrogen-bond acceptors (Lipinski definition) is 4. The summed E-state index contributed by atoms with van der Waals surface area (Å²) in [7, 11) is 0. The van der Waals surface area contributed by atoms with Crippen LogP contribution in [0.3, 0.4) is 0 Å². The molecule has 3 aromatic rings. The number of nitrogens with zero attached hydrogens (tertiary/aromatic N) is 2. The summed E-state index contributed by atoms with van der Waals surface area (Å²) in [6, 6.07) is 9.78. The normalized spacial score (nSPS) is 13.4. The molecule has 3 rings (SSSR count). The molecule has 0 fully saturated rings. The van der Waals surface area contributed by atoms with Crippen LogP contribution in [0.4, 0.5) is 0 Å². The first-order chi connectivity index (χ1) is 16.8. The molecule has 35 heavy (non-hydrogen) atoms. The van der Waals surface area contributed by atoms with Crippen molar-refractivity contribution in [3.8, 4) is 0 Å². The summed E-state index contributed by atoms with van der Waals surface area (Å²) in [6.07, 6.45) is 4.24. The van der Waals surface area contributed by atoms with Gasteiger partial charge < -0.3 is 15.2 Å². The summed E-state index contributed by atoms with van der Waals surface area (Å²) in [5.41, 5.74) is 2.40. The average Bonchev–Trinajstić information content (AvgIpc) is 3.46. The molecule has 0 spiro atoms. The average molecular weight is 497 g/mol. The minimum absolute atomic E-state index is 0.0706. The highest BCUT2D eigenvalue weighted by molar-refractivity contribution is 7.09.